The molecule has 3 rings (SSSR count). The van der Waals surface area contributed by atoms with Crippen LogP contribution in [0.4, 0.5) is 0 Å². The molecule has 162 valence electrons. The summed E-state index contributed by atoms with van der Waals surface area (Å²) in [6, 6.07) is 7.13. The first-order valence-electron chi connectivity index (χ1n) is 10.1. The molecule has 7 nitrogen and oxygen atoms in total. The highest BCUT2D eigenvalue weighted by Gasteiger charge is 2.22. The molecule has 0 atom stereocenters. The largest absolute Gasteiger partial charge is 0.497 e. The average molecular weight is 433 g/mol. The highest BCUT2D eigenvalue weighted by Crippen LogP contribution is 2.25. The molecule has 0 saturated carbocycles. The van der Waals surface area contributed by atoms with Crippen molar-refractivity contribution in [2.45, 2.75) is 44.8 Å². The number of hydrogen-bond donors (Lipinski definition) is 1. The van der Waals surface area contributed by atoms with Crippen molar-refractivity contribution < 1.29 is 22.4 Å². The van der Waals surface area contributed by atoms with Gasteiger partial charge in [-0.2, -0.15) is 0 Å². The van der Waals surface area contributed by atoms with Gasteiger partial charge in [0, 0.05) is 12.1 Å². The fourth-order valence-corrected chi connectivity index (χ4v) is 4.71. The van der Waals surface area contributed by atoms with Gasteiger partial charge in [-0.25, -0.2) is 13.4 Å². The van der Waals surface area contributed by atoms with Crippen LogP contribution in [0.5, 0.6) is 5.75 Å². The van der Waals surface area contributed by atoms with Gasteiger partial charge in [0.15, 0.2) is 9.84 Å². The zero-order chi connectivity index (χ0) is 21.6. The molecule has 0 fully saturated rings. The van der Waals surface area contributed by atoms with Gasteiger partial charge in [-0.15, -0.1) is 0 Å². The lowest BCUT2D eigenvalue weighted by atomic mass is 9.97. The van der Waals surface area contributed by atoms with Crippen LogP contribution in [0.25, 0.3) is 11.5 Å². The summed E-state index contributed by atoms with van der Waals surface area (Å²) in [5, 5.41) is 2.71. The Morgan fingerprint density at radius 3 is 2.67 bits per heavy atom. The Balaban J connectivity index is 1.55. The van der Waals surface area contributed by atoms with Gasteiger partial charge in [0.25, 0.3) is 0 Å². The summed E-state index contributed by atoms with van der Waals surface area (Å²) in [6.07, 6.45) is 7.56. The Bertz CT molecular complexity index is 1010. The lowest BCUT2D eigenvalue weighted by molar-refractivity contribution is -0.118. The van der Waals surface area contributed by atoms with Crippen LogP contribution in [0.2, 0.25) is 0 Å². The maximum atomic E-state index is 12.5. The van der Waals surface area contributed by atoms with Gasteiger partial charge < -0.3 is 14.5 Å². The summed E-state index contributed by atoms with van der Waals surface area (Å²) in [5.41, 5.74) is 2.38. The van der Waals surface area contributed by atoms with E-state index < -0.39 is 21.5 Å². The number of allylic oxidation sites excluding steroid dienone is 1. The number of rotatable bonds is 9. The highest BCUT2D eigenvalue weighted by atomic mass is 32.2. The van der Waals surface area contributed by atoms with Crippen LogP contribution in [0, 0.1) is 6.92 Å². The molecule has 30 heavy (non-hydrogen) atoms. The average Bonchev–Trinajstić information content (AvgIpc) is 3.08. The molecular weight excluding hydrogens is 404 g/mol. The van der Waals surface area contributed by atoms with E-state index in [4.69, 9.17) is 9.15 Å². The maximum absolute atomic E-state index is 12.5. The third kappa shape index (κ3) is 6.19. The number of aryl methyl sites for hydroxylation is 1. The number of aromatic nitrogens is 1. The van der Waals surface area contributed by atoms with Crippen molar-refractivity contribution in [1.29, 1.82) is 0 Å². The van der Waals surface area contributed by atoms with Crippen molar-refractivity contribution in [2.75, 3.05) is 19.4 Å². The molecule has 0 unspecified atom stereocenters. The Morgan fingerprint density at radius 2 is 2.00 bits per heavy atom. The van der Waals surface area contributed by atoms with Gasteiger partial charge in [0.05, 0.1) is 18.6 Å². The zero-order valence-corrected chi connectivity index (χ0v) is 18.3. The molecule has 1 aliphatic carbocycles. The predicted octanol–water partition coefficient (Wildman–Crippen LogP) is 3.58. The Labute approximate surface area is 177 Å². The first-order valence-corrected chi connectivity index (χ1v) is 11.9. The molecule has 1 aromatic heterocycles. The highest BCUT2D eigenvalue weighted by molar-refractivity contribution is 7.91. The van der Waals surface area contributed by atoms with E-state index in [-0.39, 0.29) is 5.75 Å². The van der Waals surface area contributed by atoms with Crippen LogP contribution < -0.4 is 10.1 Å². The van der Waals surface area contributed by atoms with E-state index in [0.29, 0.717) is 29.6 Å². The fraction of sp³-hybridized carbons (Fsp3) is 0.455. The first-order chi connectivity index (χ1) is 14.4. The molecular formula is C22H28N2O5S. The van der Waals surface area contributed by atoms with Crippen molar-refractivity contribution in [3.63, 3.8) is 0 Å². The molecule has 0 bridgehead atoms. The third-order valence-electron chi connectivity index (χ3n) is 5.09. The second kappa shape index (κ2) is 9.93. The molecule has 0 aliphatic heterocycles. The molecule has 8 heteroatoms. The number of carbonyl (C=O) groups is 1. The van der Waals surface area contributed by atoms with Crippen LogP contribution in [-0.4, -0.2) is 38.7 Å². The molecule has 1 N–H and O–H groups in total. The number of hydrogen-bond acceptors (Lipinski definition) is 6. The topological polar surface area (TPSA) is 98.5 Å². The second-order valence-electron chi connectivity index (χ2n) is 7.49. The summed E-state index contributed by atoms with van der Waals surface area (Å²) in [6.45, 7) is 2.13. The van der Waals surface area contributed by atoms with Crippen molar-refractivity contribution >= 4 is 15.7 Å². The summed E-state index contributed by atoms with van der Waals surface area (Å²) in [5.74, 6) is 0.0888. The number of amides is 1. The number of sulfone groups is 1. The van der Waals surface area contributed by atoms with E-state index >= 15 is 0 Å². The maximum Gasteiger partial charge on any atom is 0.235 e. The number of carbonyl (C=O) groups excluding carboxylic acids is 1. The number of nitrogens with zero attached hydrogens (tertiary/aromatic N) is 1. The SMILES string of the molecule is COc1ccc(-c2nc(CS(=O)(=O)CC(=O)NCCC3=CCCCC3)c(C)o2)cc1. The summed E-state index contributed by atoms with van der Waals surface area (Å²) < 4.78 is 35.7. The third-order valence-corrected chi connectivity index (χ3v) is 6.51. The van der Waals surface area contributed by atoms with E-state index in [1.807, 2.05) is 0 Å². The van der Waals surface area contributed by atoms with Crippen molar-refractivity contribution in [2.24, 2.45) is 0 Å². The van der Waals surface area contributed by atoms with Crippen LogP contribution in [-0.2, 0) is 20.4 Å². The Hall–Kier alpha value is -2.61. The quantitative estimate of drug-likeness (QED) is 0.608. The van der Waals surface area contributed by atoms with E-state index in [9.17, 15) is 13.2 Å². The predicted molar refractivity (Wildman–Crippen MR) is 115 cm³/mol. The van der Waals surface area contributed by atoms with E-state index in [1.54, 1.807) is 38.3 Å². The van der Waals surface area contributed by atoms with Crippen molar-refractivity contribution in [3.8, 4) is 17.2 Å². The zero-order valence-electron chi connectivity index (χ0n) is 17.4. The molecule has 2 aromatic rings. The second-order valence-corrected chi connectivity index (χ2v) is 9.56. The van der Waals surface area contributed by atoms with Crippen LogP contribution >= 0.6 is 0 Å². The minimum absolute atomic E-state index is 0.320. The number of nitrogens with one attached hydrogen (secondary N) is 1. The summed E-state index contributed by atoms with van der Waals surface area (Å²) in [7, 11) is -2.08. The van der Waals surface area contributed by atoms with E-state index in [2.05, 4.69) is 16.4 Å². The first kappa shape index (κ1) is 22.1. The van der Waals surface area contributed by atoms with Crippen LogP contribution in [0.1, 0.15) is 43.6 Å². The molecule has 0 saturated heterocycles. The molecule has 1 heterocycles. The lowest BCUT2D eigenvalue weighted by Gasteiger charge is -2.12. The smallest absolute Gasteiger partial charge is 0.235 e. The minimum atomic E-state index is -3.66. The van der Waals surface area contributed by atoms with Gasteiger partial charge in [-0.1, -0.05) is 11.6 Å². The fourth-order valence-electron chi connectivity index (χ4n) is 3.42. The van der Waals surface area contributed by atoms with Gasteiger partial charge in [-0.3, -0.25) is 4.79 Å². The molecule has 1 aliphatic rings. The van der Waals surface area contributed by atoms with Crippen molar-refractivity contribution in [1.82, 2.24) is 10.3 Å². The molecule has 1 aromatic carbocycles. The van der Waals surface area contributed by atoms with E-state index in [0.717, 1.165) is 24.8 Å². The number of benzene rings is 1. The molecule has 1 amide bonds. The van der Waals surface area contributed by atoms with Crippen LogP contribution in [0.15, 0.2) is 40.3 Å². The van der Waals surface area contributed by atoms with Gasteiger partial charge in [0.2, 0.25) is 11.8 Å². The number of oxazole rings is 1. The van der Waals surface area contributed by atoms with E-state index in [1.165, 1.54) is 18.4 Å². The van der Waals surface area contributed by atoms with Crippen molar-refractivity contribution in [3.05, 3.63) is 47.4 Å². The van der Waals surface area contributed by atoms with Crippen LogP contribution in [0.3, 0.4) is 0 Å². The monoisotopic (exact) mass is 432 g/mol. The lowest BCUT2D eigenvalue weighted by Crippen LogP contribution is -2.31. The molecule has 0 radical (unpaired) electrons. The Kier molecular flexibility index (Phi) is 7.31. The molecule has 0 spiro atoms. The standard InChI is InChI=1S/C22H28N2O5S/c1-16-20(24-22(29-16)18-8-10-19(28-2)11-9-18)14-30(26,27)15-21(25)23-13-12-17-6-4-3-5-7-17/h6,8-11H,3-5,7,12-15H2,1-2H3,(H,23,25). The normalized spacial score (nSPS) is 14.3. The van der Waals surface area contributed by atoms with Gasteiger partial charge in [-0.05, 0) is 63.3 Å². The number of methoxy groups -OCH3 is 1. The number of ether oxygens (including phenoxy) is 1. The summed E-state index contributed by atoms with van der Waals surface area (Å²) >= 11 is 0. The van der Waals surface area contributed by atoms with Gasteiger partial charge >= 0.3 is 0 Å². The Morgan fingerprint density at radius 1 is 1.23 bits per heavy atom. The minimum Gasteiger partial charge on any atom is -0.497 e. The van der Waals surface area contributed by atoms with Gasteiger partial charge in [0.1, 0.15) is 17.3 Å². The summed E-state index contributed by atoms with van der Waals surface area (Å²) in [4.78, 5) is 16.4.